The number of hydrogen-bond donors (Lipinski definition) is 2. The minimum atomic E-state index is -0.214. The molecule has 0 fully saturated rings. The molecule has 0 aromatic heterocycles. The zero-order chi connectivity index (χ0) is 15.2. The summed E-state index contributed by atoms with van der Waals surface area (Å²) in [6.07, 6.45) is 0.859. The molecule has 0 unspecified atom stereocenters. The Kier molecular flexibility index (Phi) is 5.82. The summed E-state index contributed by atoms with van der Waals surface area (Å²) in [7, 11) is 3.13. The second-order valence-corrected chi connectivity index (χ2v) is 5.48. The van der Waals surface area contributed by atoms with Gasteiger partial charge >= 0.3 is 0 Å². The molecule has 0 saturated carbocycles. The minimum Gasteiger partial charge on any atom is -0.504 e. The van der Waals surface area contributed by atoms with E-state index in [1.807, 2.05) is 0 Å². The third-order valence-electron chi connectivity index (χ3n) is 3.15. The van der Waals surface area contributed by atoms with Crippen molar-refractivity contribution >= 4 is 5.91 Å². The van der Waals surface area contributed by atoms with Crippen LogP contribution in [0.15, 0.2) is 18.2 Å². The third kappa shape index (κ3) is 4.74. The van der Waals surface area contributed by atoms with Gasteiger partial charge in [0.1, 0.15) is 0 Å². The van der Waals surface area contributed by atoms with E-state index < -0.39 is 0 Å². The number of phenols is 1. The molecular formula is C15H23NO4. The molecule has 0 aliphatic heterocycles. The van der Waals surface area contributed by atoms with Crippen molar-refractivity contribution in [3.63, 3.8) is 0 Å². The van der Waals surface area contributed by atoms with Gasteiger partial charge in [-0.05, 0) is 30.0 Å². The zero-order valence-corrected chi connectivity index (χ0v) is 12.5. The number of nitrogens with one attached hydrogen (secondary N) is 1. The summed E-state index contributed by atoms with van der Waals surface area (Å²) in [6.45, 7) is 5.34. The number of rotatable bonds is 7. The Balaban J connectivity index is 2.61. The van der Waals surface area contributed by atoms with Crippen molar-refractivity contribution in [1.82, 2.24) is 5.32 Å². The fourth-order valence-electron chi connectivity index (χ4n) is 1.72. The van der Waals surface area contributed by atoms with Gasteiger partial charge in [-0.15, -0.1) is 0 Å². The second kappa shape index (κ2) is 7.14. The summed E-state index contributed by atoms with van der Waals surface area (Å²) >= 11 is 0. The van der Waals surface area contributed by atoms with Gasteiger partial charge in [-0.25, -0.2) is 0 Å². The Morgan fingerprint density at radius 1 is 1.35 bits per heavy atom. The van der Waals surface area contributed by atoms with E-state index in [0.717, 1.165) is 6.42 Å². The van der Waals surface area contributed by atoms with Gasteiger partial charge in [-0.3, -0.25) is 4.79 Å². The highest BCUT2D eigenvalue weighted by Crippen LogP contribution is 2.26. The van der Waals surface area contributed by atoms with Gasteiger partial charge in [-0.2, -0.15) is 0 Å². The zero-order valence-electron chi connectivity index (χ0n) is 12.5. The molecule has 5 nitrogen and oxygen atoms in total. The summed E-state index contributed by atoms with van der Waals surface area (Å²) in [4.78, 5) is 12.0. The molecule has 0 atom stereocenters. The smallest absolute Gasteiger partial charge is 0.251 e. The number of amides is 1. The summed E-state index contributed by atoms with van der Waals surface area (Å²) in [5.41, 5.74) is 0.367. The second-order valence-electron chi connectivity index (χ2n) is 5.48. The van der Waals surface area contributed by atoms with E-state index >= 15 is 0 Å². The highest BCUT2D eigenvalue weighted by molar-refractivity contribution is 5.94. The molecule has 0 aliphatic rings. The number of aromatic hydroxyl groups is 1. The summed E-state index contributed by atoms with van der Waals surface area (Å²) < 4.78 is 9.99. The van der Waals surface area contributed by atoms with Crippen LogP contribution in [0.1, 0.15) is 30.6 Å². The molecule has 5 heteroatoms. The average Bonchev–Trinajstić information content (AvgIpc) is 2.42. The first-order valence-electron chi connectivity index (χ1n) is 6.54. The van der Waals surface area contributed by atoms with Gasteiger partial charge in [0.15, 0.2) is 11.5 Å². The number of benzene rings is 1. The molecular weight excluding hydrogens is 258 g/mol. The molecule has 20 heavy (non-hydrogen) atoms. The molecule has 1 aromatic rings. The van der Waals surface area contributed by atoms with Crippen molar-refractivity contribution in [2.45, 2.75) is 20.3 Å². The maximum Gasteiger partial charge on any atom is 0.251 e. The molecule has 0 saturated heterocycles. The number of ether oxygens (including phenoxy) is 2. The van der Waals surface area contributed by atoms with Crippen molar-refractivity contribution in [3.05, 3.63) is 23.8 Å². The molecule has 0 aliphatic carbocycles. The summed E-state index contributed by atoms with van der Waals surface area (Å²) in [5.74, 6) is 0.0919. The third-order valence-corrected chi connectivity index (χ3v) is 3.15. The van der Waals surface area contributed by atoms with Crippen LogP contribution < -0.4 is 10.1 Å². The minimum absolute atomic E-state index is 0.0415. The largest absolute Gasteiger partial charge is 0.504 e. The quantitative estimate of drug-likeness (QED) is 0.804. The lowest BCUT2D eigenvalue weighted by Gasteiger charge is -2.24. The van der Waals surface area contributed by atoms with Crippen molar-refractivity contribution in [3.8, 4) is 11.5 Å². The van der Waals surface area contributed by atoms with E-state index in [1.54, 1.807) is 19.2 Å². The van der Waals surface area contributed by atoms with E-state index in [9.17, 15) is 9.90 Å². The molecule has 2 N–H and O–H groups in total. The number of hydrogen-bond acceptors (Lipinski definition) is 4. The van der Waals surface area contributed by atoms with Gasteiger partial charge in [0.25, 0.3) is 5.91 Å². The predicted molar refractivity (Wildman–Crippen MR) is 77.3 cm³/mol. The van der Waals surface area contributed by atoms with Crippen molar-refractivity contribution in [2.75, 3.05) is 27.4 Å². The van der Waals surface area contributed by atoms with Gasteiger partial charge in [0, 0.05) is 25.8 Å². The van der Waals surface area contributed by atoms with Crippen LogP contribution in [0.3, 0.4) is 0 Å². The van der Waals surface area contributed by atoms with Gasteiger partial charge < -0.3 is 19.9 Å². The first kappa shape index (κ1) is 16.3. The van der Waals surface area contributed by atoms with Crippen LogP contribution in [0.2, 0.25) is 0 Å². The number of carbonyl (C=O) groups is 1. The van der Waals surface area contributed by atoms with Crippen LogP contribution in [0.25, 0.3) is 0 Å². The monoisotopic (exact) mass is 281 g/mol. The lowest BCUT2D eigenvalue weighted by atomic mass is 9.89. The normalized spacial score (nSPS) is 11.2. The maximum atomic E-state index is 12.0. The first-order valence-corrected chi connectivity index (χ1v) is 6.54. The predicted octanol–water partition coefficient (Wildman–Crippen LogP) is 2.19. The van der Waals surface area contributed by atoms with Crippen molar-refractivity contribution in [1.29, 1.82) is 0 Å². The Bertz CT molecular complexity index is 457. The van der Waals surface area contributed by atoms with Crippen molar-refractivity contribution < 1.29 is 19.4 Å². The highest BCUT2D eigenvalue weighted by Gasteiger charge is 2.19. The topological polar surface area (TPSA) is 67.8 Å². The molecule has 0 radical (unpaired) electrons. The highest BCUT2D eigenvalue weighted by atomic mass is 16.5. The average molecular weight is 281 g/mol. The molecule has 1 rings (SSSR count). The molecule has 1 amide bonds. The summed E-state index contributed by atoms with van der Waals surface area (Å²) in [5, 5.41) is 12.5. The van der Waals surface area contributed by atoms with E-state index in [2.05, 4.69) is 19.2 Å². The molecule has 112 valence electrons. The van der Waals surface area contributed by atoms with E-state index in [0.29, 0.717) is 24.5 Å². The van der Waals surface area contributed by atoms with Crippen molar-refractivity contribution in [2.24, 2.45) is 5.41 Å². The van der Waals surface area contributed by atoms with E-state index in [4.69, 9.17) is 9.47 Å². The number of carbonyl (C=O) groups excluding carboxylic acids is 1. The first-order chi connectivity index (χ1) is 9.39. The SMILES string of the molecule is COCCC(C)(C)CNC(=O)c1ccc(OC)c(O)c1. The Morgan fingerprint density at radius 3 is 2.60 bits per heavy atom. The Morgan fingerprint density at radius 2 is 2.05 bits per heavy atom. The van der Waals surface area contributed by atoms with Crippen LogP contribution in [-0.2, 0) is 4.74 Å². The van der Waals surface area contributed by atoms with E-state index in [1.165, 1.54) is 13.2 Å². The van der Waals surface area contributed by atoms with Crippen LogP contribution in [-0.4, -0.2) is 38.4 Å². The van der Waals surface area contributed by atoms with Crippen LogP contribution in [0, 0.1) is 5.41 Å². The lowest BCUT2D eigenvalue weighted by molar-refractivity contribution is 0.0920. The lowest BCUT2D eigenvalue weighted by Crippen LogP contribution is -2.34. The van der Waals surface area contributed by atoms with Crippen LogP contribution in [0.4, 0.5) is 0 Å². The molecule has 1 aromatic carbocycles. The van der Waals surface area contributed by atoms with Gasteiger partial charge in [-0.1, -0.05) is 13.8 Å². The van der Waals surface area contributed by atoms with Crippen LogP contribution >= 0.6 is 0 Å². The van der Waals surface area contributed by atoms with Crippen LogP contribution in [0.5, 0.6) is 11.5 Å². The fraction of sp³-hybridized carbons (Fsp3) is 0.533. The number of methoxy groups -OCH3 is 2. The van der Waals surface area contributed by atoms with E-state index in [-0.39, 0.29) is 17.1 Å². The molecule has 0 spiro atoms. The molecule has 0 bridgehead atoms. The Hall–Kier alpha value is -1.75. The molecule has 0 heterocycles. The number of phenolic OH excluding ortho intramolecular Hbond substituents is 1. The Labute approximate surface area is 119 Å². The maximum absolute atomic E-state index is 12.0. The van der Waals surface area contributed by atoms with Gasteiger partial charge in [0.2, 0.25) is 0 Å². The van der Waals surface area contributed by atoms with Gasteiger partial charge in [0.05, 0.1) is 7.11 Å². The fourth-order valence-corrected chi connectivity index (χ4v) is 1.72. The summed E-state index contributed by atoms with van der Waals surface area (Å²) in [6, 6.07) is 4.59. The standard InChI is InChI=1S/C15H23NO4/c1-15(2,7-8-19-3)10-16-14(18)11-5-6-13(20-4)12(17)9-11/h5-6,9,17H,7-8,10H2,1-4H3,(H,16,18).